The van der Waals surface area contributed by atoms with Crippen molar-refractivity contribution in [1.82, 2.24) is 5.01 Å². The molecule has 0 aromatic heterocycles. The van der Waals surface area contributed by atoms with Crippen LogP contribution >= 0.6 is 24.0 Å². The molecule has 94 valence electrons. The number of hydrogen-bond acceptors (Lipinski definition) is 5. The highest BCUT2D eigenvalue weighted by Gasteiger charge is 2.29. The van der Waals surface area contributed by atoms with Gasteiger partial charge in [-0.3, -0.25) is 4.79 Å². The molecule has 0 unspecified atom stereocenters. The molecule has 1 amide bonds. The van der Waals surface area contributed by atoms with Gasteiger partial charge in [-0.25, -0.2) is 10.9 Å². The smallest absolute Gasteiger partial charge is 0.280 e. The zero-order valence-corrected chi connectivity index (χ0v) is 11.7. The Hall–Kier alpha value is -1.37. The summed E-state index contributed by atoms with van der Waals surface area (Å²) in [7, 11) is 3.96. The average molecular weight is 279 g/mol. The SMILES string of the molecule is CN(C)c1ccc(/C=C2/SC(=S)N(N)C2=O)cc1. The van der Waals surface area contributed by atoms with E-state index in [9.17, 15) is 4.79 Å². The molecule has 0 atom stereocenters. The van der Waals surface area contributed by atoms with E-state index < -0.39 is 0 Å². The van der Waals surface area contributed by atoms with Crippen molar-refractivity contribution >= 4 is 46.0 Å². The number of anilines is 1. The Bertz CT molecular complexity index is 523. The number of nitrogens with zero attached hydrogens (tertiary/aromatic N) is 2. The molecule has 2 N–H and O–H groups in total. The van der Waals surface area contributed by atoms with Gasteiger partial charge in [0, 0.05) is 19.8 Å². The summed E-state index contributed by atoms with van der Waals surface area (Å²) in [6, 6.07) is 7.90. The van der Waals surface area contributed by atoms with E-state index in [1.807, 2.05) is 43.3 Å². The fourth-order valence-electron chi connectivity index (χ4n) is 1.50. The number of carbonyl (C=O) groups excluding carboxylic acids is 1. The van der Waals surface area contributed by atoms with Crippen molar-refractivity contribution in [1.29, 1.82) is 0 Å². The fraction of sp³-hybridized carbons (Fsp3) is 0.167. The summed E-state index contributed by atoms with van der Waals surface area (Å²) in [4.78, 5) is 14.3. The summed E-state index contributed by atoms with van der Waals surface area (Å²) < 4.78 is 0.385. The number of thiocarbonyl (C=S) groups is 1. The lowest BCUT2D eigenvalue weighted by Gasteiger charge is -2.11. The van der Waals surface area contributed by atoms with Gasteiger partial charge < -0.3 is 4.90 Å². The Morgan fingerprint density at radius 2 is 1.94 bits per heavy atom. The highest BCUT2D eigenvalue weighted by atomic mass is 32.2. The molecular weight excluding hydrogens is 266 g/mol. The molecule has 1 heterocycles. The van der Waals surface area contributed by atoms with Crippen LogP contribution in [0.3, 0.4) is 0 Å². The van der Waals surface area contributed by atoms with Crippen molar-refractivity contribution in [2.75, 3.05) is 19.0 Å². The van der Waals surface area contributed by atoms with Gasteiger partial charge in [-0.05, 0) is 23.8 Å². The van der Waals surface area contributed by atoms with Crippen LogP contribution in [0.15, 0.2) is 29.2 Å². The number of nitrogens with two attached hydrogens (primary N) is 1. The Labute approximate surface area is 115 Å². The van der Waals surface area contributed by atoms with Crippen molar-refractivity contribution in [2.24, 2.45) is 5.84 Å². The first-order valence-corrected chi connectivity index (χ1v) is 6.51. The van der Waals surface area contributed by atoms with Crippen LogP contribution in [-0.4, -0.2) is 29.3 Å². The number of hydrogen-bond donors (Lipinski definition) is 1. The first-order valence-electron chi connectivity index (χ1n) is 5.29. The average Bonchev–Trinajstić information content (AvgIpc) is 2.58. The summed E-state index contributed by atoms with van der Waals surface area (Å²) in [5.74, 6) is 5.26. The molecule has 0 spiro atoms. The number of thioether (sulfide) groups is 1. The quantitative estimate of drug-likeness (QED) is 0.387. The van der Waals surface area contributed by atoms with E-state index in [0.717, 1.165) is 16.3 Å². The third kappa shape index (κ3) is 2.55. The predicted octanol–water partition coefficient (Wildman–Crippen LogP) is 1.83. The molecule has 1 saturated heterocycles. The monoisotopic (exact) mass is 279 g/mol. The second-order valence-electron chi connectivity index (χ2n) is 4.04. The largest absolute Gasteiger partial charge is 0.378 e. The van der Waals surface area contributed by atoms with Gasteiger partial charge >= 0.3 is 0 Å². The summed E-state index contributed by atoms with van der Waals surface area (Å²) in [6.07, 6.45) is 1.80. The van der Waals surface area contributed by atoms with Crippen LogP contribution in [0, 0.1) is 0 Å². The van der Waals surface area contributed by atoms with Crippen LogP contribution in [0.1, 0.15) is 5.56 Å². The van der Waals surface area contributed by atoms with Crippen molar-refractivity contribution in [2.45, 2.75) is 0 Å². The van der Waals surface area contributed by atoms with Crippen LogP contribution < -0.4 is 10.7 Å². The van der Waals surface area contributed by atoms with Crippen LogP contribution in [0.2, 0.25) is 0 Å². The van der Waals surface area contributed by atoms with Crippen molar-refractivity contribution < 1.29 is 4.79 Å². The van der Waals surface area contributed by atoms with Gasteiger partial charge in [-0.15, -0.1) is 0 Å². The van der Waals surface area contributed by atoms with Gasteiger partial charge in [0.15, 0.2) is 4.32 Å². The minimum Gasteiger partial charge on any atom is -0.378 e. The molecule has 18 heavy (non-hydrogen) atoms. The lowest BCUT2D eigenvalue weighted by atomic mass is 10.2. The van der Waals surface area contributed by atoms with Gasteiger partial charge in [0.2, 0.25) is 0 Å². The second kappa shape index (κ2) is 5.09. The molecule has 1 fully saturated rings. The second-order valence-corrected chi connectivity index (χ2v) is 5.71. The van der Waals surface area contributed by atoms with Crippen LogP contribution in [-0.2, 0) is 4.79 Å². The van der Waals surface area contributed by atoms with Crippen LogP contribution in [0.25, 0.3) is 6.08 Å². The van der Waals surface area contributed by atoms with Gasteiger partial charge in [0.05, 0.1) is 4.91 Å². The van der Waals surface area contributed by atoms with Crippen LogP contribution in [0.5, 0.6) is 0 Å². The minimum atomic E-state index is -0.248. The first kappa shape index (κ1) is 13.1. The molecule has 1 aromatic carbocycles. The number of rotatable bonds is 2. The number of carbonyl (C=O) groups is 1. The van der Waals surface area contributed by atoms with Gasteiger partial charge in [0.25, 0.3) is 5.91 Å². The maximum absolute atomic E-state index is 11.7. The topological polar surface area (TPSA) is 49.6 Å². The normalized spacial score (nSPS) is 17.7. The standard InChI is InChI=1S/C12H13N3OS2/c1-14(2)9-5-3-8(4-6-9)7-10-11(16)15(13)12(17)18-10/h3-7H,13H2,1-2H3/b10-7+. The molecule has 0 radical (unpaired) electrons. The number of benzene rings is 1. The third-order valence-electron chi connectivity index (χ3n) is 2.53. The zero-order valence-electron chi connectivity index (χ0n) is 10.1. The Balaban J connectivity index is 2.24. The maximum atomic E-state index is 11.7. The Kier molecular flexibility index (Phi) is 3.70. The van der Waals surface area contributed by atoms with Crippen molar-refractivity contribution in [3.05, 3.63) is 34.7 Å². The van der Waals surface area contributed by atoms with Gasteiger partial charge in [-0.1, -0.05) is 36.1 Å². The number of amides is 1. The molecule has 4 nitrogen and oxygen atoms in total. The van der Waals surface area contributed by atoms with Crippen LogP contribution in [0.4, 0.5) is 5.69 Å². The number of hydrazine groups is 1. The Morgan fingerprint density at radius 1 is 1.33 bits per heavy atom. The van der Waals surface area contributed by atoms with E-state index in [1.165, 1.54) is 11.8 Å². The summed E-state index contributed by atoms with van der Waals surface area (Å²) >= 11 is 6.18. The summed E-state index contributed by atoms with van der Waals surface area (Å²) in [5.41, 5.74) is 2.06. The lowest BCUT2D eigenvalue weighted by Crippen LogP contribution is -2.34. The minimum absolute atomic E-state index is 0.248. The van der Waals surface area contributed by atoms with Crippen molar-refractivity contribution in [3.63, 3.8) is 0 Å². The molecule has 0 aliphatic carbocycles. The van der Waals surface area contributed by atoms with Crippen molar-refractivity contribution in [3.8, 4) is 0 Å². The van der Waals surface area contributed by atoms with Gasteiger partial charge in [0.1, 0.15) is 0 Å². The summed E-state index contributed by atoms with van der Waals surface area (Å²) in [5, 5.41) is 1.00. The first-order chi connectivity index (χ1) is 8.49. The highest BCUT2D eigenvalue weighted by molar-refractivity contribution is 8.26. The molecule has 2 rings (SSSR count). The van der Waals surface area contributed by atoms with Gasteiger partial charge in [-0.2, -0.15) is 0 Å². The maximum Gasteiger partial charge on any atom is 0.280 e. The molecule has 0 saturated carbocycles. The van der Waals surface area contributed by atoms with E-state index >= 15 is 0 Å². The molecule has 1 aromatic rings. The molecule has 0 bridgehead atoms. The lowest BCUT2D eigenvalue weighted by molar-refractivity contribution is -0.122. The molecular formula is C12H13N3OS2. The summed E-state index contributed by atoms with van der Waals surface area (Å²) in [6.45, 7) is 0. The third-order valence-corrected chi connectivity index (χ3v) is 3.86. The zero-order chi connectivity index (χ0) is 13.3. The Morgan fingerprint density at radius 3 is 2.39 bits per heavy atom. The fourth-order valence-corrected chi connectivity index (χ4v) is 2.60. The van der Waals surface area contributed by atoms with E-state index in [4.69, 9.17) is 18.1 Å². The van der Waals surface area contributed by atoms with E-state index in [-0.39, 0.29) is 5.91 Å². The van der Waals surface area contributed by atoms with E-state index in [0.29, 0.717) is 9.23 Å². The molecule has 6 heteroatoms. The molecule has 1 aliphatic heterocycles. The van der Waals surface area contributed by atoms with E-state index in [1.54, 1.807) is 6.08 Å². The predicted molar refractivity (Wildman–Crippen MR) is 80.0 cm³/mol. The highest BCUT2D eigenvalue weighted by Crippen LogP contribution is 2.30. The van der Waals surface area contributed by atoms with E-state index in [2.05, 4.69) is 0 Å². The molecule has 1 aliphatic rings.